The van der Waals surface area contributed by atoms with Gasteiger partial charge in [0.25, 0.3) is 0 Å². The van der Waals surface area contributed by atoms with Crippen molar-refractivity contribution < 1.29 is 23.8 Å². The molecule has 5 rings (SSSR count). The Morgan fingerprint density at radius 2 is 1.92 bits per heavy atom. The number of nitrogens with zero attached hydrogens (tertiary/aromatic N) is 1. The van der Waals surface area contributed by atoms with Gasteiger partial charge in [0.2, 0.25) is 6.79 Å². The maximum Gasteiger partial charge on any atom is 0.410 e. The molecule has 2 bridgehead atoms. The minimum atomic E-state index is -0.213. The molecule has 1 amide bonds. The first-order chi connectivity index (χ1) is 17.6. The smallest absolute Gasteiger partial charge is 0.410 e. The van der Waals surface area contributed by atoms with Crippen molar-refractivity contribution in [2.75, 3.05) is 13.3 Å². The Morgan fingerprint density at radius 1 is 1.06 bits per heavy atom. The zero-order valence-corrected chi connectivity index (χ0v) is 21.2. The zero-order chi connectivity index (χ0) is 25.0. The second kappa shape index (κ2) is 10.9. The van der Waals surface area contributed by atoms with Gasteiger partial charge >= 0.3 is 12.1 Å². The molecule has 1 heterocycles. The minimum absolute atomic E-state index is 0.0541. The average Bonchev–Trinajstić information content (AvgIpc) is 2.91. The standard InChI is InChI=1S/C30H37NO5/c1-2-3-12-28(32)36-21-35-24-14-13-23-18-27-25-11-7-8-15-30(25,26(23)19-24)16-17-31(27)29(33)34-20-22-9-5-4-6-10-22/h4-6,9-10,13-14,19,25,27H,2-3,7-8,11-12,15-18,20-21H2,1H3/t25-,27+,30+/m0/s1. The van der Waals surface area contributed by atoms with E-state index >= 15 is 0 Å². The minimum Gasteiger partial charge on any atom is -0.457 e. The second-order valence-corrected chi connectivity index (χ2v) is 10.5. The van der Waals surface area contributed by atoms with Crippen molar-refractivity contribution in [2.45, 2.75) is 82.8 Å². The van der Waals surface area contributed by atoms with Gasteiger partial charge in [0.15, 0.2) is 0 Å². The largest absolute Gasteiger partial charge is 0.457 e. The number of unbranched alkanes of at least 4 members (excludes halogenated alkanes) is 1. The summed E-state index contributed by atoms with van der Waals surface area (Å²) in [5.41, 5.74) is 3.75. The summed E-state index contributed by atoms with van der Waals surface area (Å²) in [5, 5.41) is 0. The van der Waals surface area contributed by atoms with Crippen LogP contribution in [0.25, 0.3) is 0 Å². The summed E-state index contributed by atoms with van der Waals surface area (Å²) in [7, 11) is 0. The average molecular weight is 492 g/mol. The lowest BCUT2D eigenvalue weighted by molar-refractivity contribution is -0.150. The number of rotatable bonds is 8. The van der Waals surface area contributed by atoms with Crippen molar-refractivity contribution in [1.29, 1.82) is 0 Å². The first-order valence-corrected chi connectivity index (χ1v) is 13.5. The Labute approximate surface area is 213 Å². The molecule has 2 aliphatic carbocycles. The number of benzene rings is 2. The summed E-state index contributed by atoms with van der Waals surface area (Å²) in [6.07, 6.45) is 8.50. The van der Waals surface area contributed by atoms with E-state index in [1.807, 2.05) is 41.3 Å². The van der Waals surface area contributed by atoms with Crippen molar-refractivity contribution in [3.05, 3.63) is 65.2 Å². The number of fused-ring (bicyclic) bond motifs is 1. The molecule has 1 saturated heterocycles. The molecule has 0 unspecified atom stereocenters. The number of hydrogen-bond donors (Lipinski definition) is 0. The fraction of sp³-hybridized carbons (Fsp3) is 0.533. The number of amides is 1. The van der Waals surface area contributed by atoms with Crippen molar-refractivity contribution in [3.8, 4) is 5.75 Å². The second-order valence-electron chi connectivity index (χ2n) is 10.5. The quantitative estimate of drug-likeness (QED) is 0.327. The van der Waals surface area contributed by atoms with Gasteiger partial charge in [0.1, 0.15) is 12.4 Å². The van der Waals surface area contributed by atoms with Crippen molar-refractivity contribution in [3.63, 3.8) is 0 Å². The normalized spacial score (nSPS) is 24.3. The summed E-state index contributed by atoms with van der Waals surface area (Å²) in [4.78, 5) is 27.0. The molecule has 0 aromatic heterocycles. The van der Waals surface area contributed by atoms with Crippen LogP contribution in [0.15, 0.2) is 48.5 Å². The van der Waals surface area contributed by atoms with Gasteiger partial charge in [-0.3, -0.25) is 4.79 Å². The lowest BCUT2D eigenvalue weighted by Gasteiger charge is -2.58. The first-order valence-electron chi connectivity index (χ1n) is 13.5. The Bertz CT molecular complexity index is 1070. The molecule has 0 spiro atoms. The highest BCUT2D eigenvalue weighted by molar-refractivity contribution is 5.69. The lowest BCUT2D eigenvalue weighted by atomic mass is 9.52. The Balaban J connectivity index is 1.30. The van der Waals surface area contributed by atoms with Crippen LogP contribution in [0.2, 0.25) is 0 Å². The third-order valence-electron chi connectivity index (χ3n) is 8.43. The van der Waals surface area contributed by atoms with Crippen molar-refractivity contribution >= 4 is 12.1 Å². The highest BCUT2D eigenvalue weighted by atomic mass is 16.7. The van der Waals surface area contributed by atoms with Crippen LogP contribution in [0.5, 0.6) is 5.75 Å². The van der Waals surface area contributed by atoms with Gasteiger partial charge in [-0.25, -0.2) is 4.79 Å². The number of ether oxygens (including phenoxy) is 3. The number of esters is 1. The van der Waals surface area contributed by atoms with E-state index in [1.54, 1.807) is 0 Å². The molecule has 2 aromatic carbocycles. The van der Waals surface area contributed by atoms with Crippen LogP contribution in [0.1, 0.15) is 75.0 Å². The summed E-state index contributed by atoms with van der Waals surface area (Å²) in [6.45, 7) is 3.02. The molecule has 36 heavy (non-hydrogen) atoms. The number of carbonyl (C=O) groups is 2. The van der Waals surface area contributed by atoms with Crippen LogP contribution in [-0.2, 0) is 32.7 Å². The van der Waals surface area contributed by atoms with E-state index in [4.69, 9.17) is 14.2 Å². The van der Waals surface area contributed by atoms with Gasteiger partial charge in [0, 0.05) is 24.4 Å². The topological polar surface area (TPSA) is 65.1 Å². The monoisotopic (exact) mass is 491 g/mol. The van der Waals surface area contributed by atoms with Crippen LogP contribution >= 0.6 is 0 Å². The number of hydrogen-bond acceptors (Lipinski definition) is 5. The number of carbonyl (C=O) groups excluding carboxylic acids is 2. The SMILES string of the molecule is CCCCC(=O)OCOc1ccc2c(c1)[C@@]13CCCC[C@H]1[C@@H](C2)N(C(=O)OCc1ccccc1)CC3. The first kappa shape index (κ1) is 24.7. The van der Waals surface area contributed by atoms with Gasteiger partial charge in [-0.1, -0.05) is 62.6 Å². The molecule has 192 valence electrons. The van der Waals surface area contributed by atoms with Crippen LogP contribution in [0.4, 0.5) is 4.79 Å². The predicted molar refractivity (Wildman–Crippen MR) is 137 cm³/mol. The Kier molecular flexibility index (Phi) is 7.49. The van der Waals surface area contributed by atoms with E-state index < -0.39 is 0 Å². The molecule has 2 fully saturated rings. The van der Waals surface area contributed by atoms with Gasteiger partial charge in [-0.05, 0) is 66.8 Å². The molecule has 1 aliphatic heterocycles. The number of piperidine rings is 1. The molecule has 6 nitrogen and oxygen atoms in total. The van der Waals surface area contributed by atoms with E-state index in [-0.39, 0.29) is 30.3 Å². The maximum absolute atomic E-state index is 13.2. The Hall–Kier alpha value is -3.02. The van der Waals surface area contributed by atoms with Crippen LogP contribution < -0.4 is 4.74 Å². The van der Waals surface area contributed by atoms with E-state index in [2.05, 4.69) is 19.1 Å². The van der Waals surface area contributed by atoms with Crippen LogP contribution in [0.3, 0.4) is 0 Å². The molecule has 3 atom stereocenters. The summed E-state index contributed by atoms with van der Waals surface area (Å²) < 4.78 is 16.9. The maximum atomic E-state index is 13.2. The third-order valence-corrected chi connectivity index (χ3v) is 8.43. The van der Waals surface area contributed by atoms with Crippen molar-refractivity contribution in [1.82, 2.24) is 4.90 Å². The lowest BCUT2D eigenvalue weighted by Crippen LogP contribution is -2.62. The van der Waals surface area contributed by atoms with E-state index in [0.29, 0.717) is 25.5 Å². The highest BCUT2D eigenvalue weighted by Crippen LogP contribution is 2.56. The molecule has 0 radical (unpaired) electrons. The summed E-state index contributed by atoms with van der Waals surface area (Å²) in [6, 6.07) is 16.3. The molecular weight excluding hydrogens is 454 g/mol. The zero-order valence-electron chi connectivity index (χ0n) is 21.2. The van der Waals surface area contributed by atoms with Gasteiger partial charge in [0.05, 0.1) is 0 Å². The highest BCUT2D eigenvalue weighted by Gasteiger charge is 2.55. The van der Waals surface area contributed by atoms with Gasteiger partial charge in [-0.15, -0.1) is 0 Å². The van der Waals surface area contributed by atoms with E-state index in [0.717, 1.165) is 49.8 Å². The van der Waals surface area contributed by atoms with Crippen molar-refractivity contribution in [2.24, 2.45) is 5.92 Å². The van der Waals surface area contributed by atoms with E-state index in [1.165, 1.54) is 24.0 Å². The summed E-state index contributed by atoms with van der Waals surface area (Å²) >= 11 is 0. The van der Waals surface area contributed by atoms with Gasteiger partial charge in [-0.2, -0.15) is 0 Å². The molecule has 2 aromatic rings. The van der Waals surface area contributed by atoms with Gasteiger partial charge < -0.3 is 19.1 Å². The van der Waals surface area contributed by atoms with E-state index in [9.17, 15) is 9.59 Å². The molecule has 6 heteroatoms. The Morgan fingerprint density at radius 3 is 2.75 bits per heavy atom. The third kappa shape index (κ3) is 4.95. The molecular formula is C30H37NO5. The van der Waals surface area contributed by atoms with Crippen LogP contribution in [0, 0.1) is 5.92 Å². The molecule has 3 aliphatic rings. The predicted octanol–water partition coefficient (Wildman–Crippen LogP) is 6.15. The molecule has 1 saturated carbocycles. The molecule has 0 N–H and O–H groups in total. The van der Waals surface area contributed by atoms with Crippen LogP contribution in [-0.4, -0.2) is 36.3 Å². The fourth-order valence-corrected chi connectivity index (χ4v) is 6.66. The number of likely N-dealkylation sites (tertiary alicyclic amines) is 1. The fourth-order valence-electron chi connectivity index (χ4n) is 6.66. The summed E-state index contributed by atoms with van der Waals surface area (Å²) in [5.74, 6) is 0.966.